The van der Waals surface area contributed by atoms with Gasteiger partial charge in [0.2, 0.25) is 5.91 Å². The van der Waals surface area contributed by atoms with Crippen LogP contribution in [0.4, 0.5) is 0 Å². The zero-order chi connectivity index (χ0) is 9.68. The van der Waals surface area contributed by atoms with Crippen molar-refractivity contribution in [2.24, 2.45) is 5.92 Å². The van der Waals surface area contributed by atoms with E-state index >= 15 is 0 Å². The topological polar surface area (TPSA) is 32.3 Å². The first-order valence-electron chi connectivity index (χ1n) is 4.73. The van der Waals surface area contributed by atoms with Crippen molar-refractivity contribution in [2.75, 3.05) is 32.6 Å². The lowest BCUT2D eigenvalue weighted by atomic mass is 9.98. The van der Waals surface area contributed by atoms with Crippen molar-refractivity contribution in [1.29, 1.82) is 0 Å². The highest BCUT2D eigenvalue weighted by Gasteiger charge is 2.17. The number of hydrogen-bond donors (Lipinski definition) is 1. The second kappa shape index (κ2) is 5.45. The van der Waals surface area contributed by atoms with Crippen molar-refractivity contribution in [3.63, 3.8) is 0 Å². The normalized spacial score (nSPS) is 24.3. The number of nitrogens with one attached hydrogen (secondary N) is 1. The summed E-state index contributed by atoms with van der Waals surface area (Å²) in [4.78, 5) is 13.2. The van der Waals surface area contributed by atoms with E-state index in [0.717, 1.165) is 13.1 Å². The molecule has 1 aliphatic rings. The molecule has 0 bridgehead atoms. The van der Waals surface area contributed by atoms with Gasteiger partial charge in [-0.1, -0.05) is 0 Å². The zero-order valence-electron chi connectivity index (χ0n) is 8.05. The Morgan fingerprint density at radius 3 is 3.08 bits per heavy atom. The number of halogens is 1. The second-order valence-corrected chi connectivity index (χ2v) is 3.98. The number of amides is 1. The maximum Gasteiger partial charge on any atom is 0.234 e. The molecule has 0 aromatic rings. The molecule has 1 rings (SSSR count). The average Bonchev–Trinajstić information content (AvgIpc) is 2.14. The Balaban J connectivity index is 2.17. The molecule has 1 unspecified atom stereocenters. The summed E-state index contributed by atoms with van der Waals surface area (Å²) in [6, 6.07) is 0. The van der Waals surface area contributed by atoms with E-state index in [1.54, 1.807) is 0 Å². The Labute approximate surface area is 84.4 Å². The van der Waals surface area contributed by atoms with Gasteiger partial charge in [-0.3, -0.25) is 4.79 Å². The van der Waals surface area contributed by atoms with Crippen LogP contribution in [0, 0.1) is 5.92 Å². The van der Waals surface area contributed by atoms with Crippen molar-refractivity contribution < 1.29 is 4.79 Å². The number of alkyl halides is 1. The van der Waals surface area contributed by atoms with Gasteiger partial charge in [0.05, 0.1) is 0 Å². The van der Waals surface area contributed by atoms with Crippen LogP contribution in [0.1, 0.15) is 12.8 Å². The van der Waals surface area contributed by atoms with Crippen LogP contribution in [0.2, 0.25) is 0 Å². The standard InChI is InChI=1S/C9H17ClN2O/c1-12-4-2-3-8(7-12)6-11-9(13)5-10/h8H,2-7H2,1H3,(H,11,13). The minimum absolute atomic E-state index is 0.0603. The van der Waals surface area contributed by atoms with Crippen LogP contribution in [0.5, 0.6) is 0 Å². The lowest BCUT2D eigenvalue weighted by Gasteiger charge is -2.29. The van der Waals surface area contributed by atoms with E-state index in [4.69, 9.17) is 11.6 Å². The number of piperidine rings is 1. The maximum absolute atomic E-state index is 10.9. The molecule has 1 heterocycles. The highest BCUT2D eigenvalue weighted by atomic mass is 35.5. The second-order valence-electron chi connectivity index (χ2n) is 3.71. The van der Waals surface area contributed by atoms with Crippen LogP contribution < -0.4 is 5.32 Å². The number of carbonyl (C=O) groups excluding carboxylic acids is 1. The van der Waals surface area contributed by atoms with Crippen molar-refractivity contribution >= 4 is 17.5 Å². The number of nitrogens with zero attached hydrogens (tertiary/aromatic N) is 1. The molecule has 0 aliphatic carbocycles. The smallest absolute Gasteiger partial charge is 0.234 e. The highest BCUT2D eigenvalue weighted by molar-refractivity contribution is 6.27. The Morgan fingerprint density at radius 1 is 1.69 bits per heavy atom. The largest absolute Gasteiger partial charge is 0.355 e. The maximum atomic E-state index is 10.9. The summed E-state index contributed by atoms with van der Waals surface area (Å²) in [6.45, 7) is 3.04. The van der Waals surface area contributed by atoms with Gasteiger partial charge in [0.1, 0.15) is 5.88 Å². The molecule has 0 radical (unpaired) electrons. The molecule has 1 atom stereocenters. The van der Waals surface area contributed by atoms with E-state index in [-0.39, 0.29) is 11.8 Å². The van der Waals surface area contributed by atoms with E-state index in [1.165, 1.54) is 19.4 Å². The molecule has 1 fully saturated rings. The number of hydrogen-bond acceptors (Lipinski definition) is 2. The fourth-order valence-corrected chi connectivity index (χ4v) is 1.84. The third-order valence-corrected chi connectivity index (χ3v) is 2.67. The van der Waals surface area contributed by atoms with E-state index < -0.39 is 0 Å². The zero-order valence-corrected chi connectivity index (χ0v) is 8.81. The average molecular weight is 205 g/mol. The molecule has 1 amide bonds. The van der Waals surface area contributed by atoms with Gasteiger partial charge in [-0.25, -0.2) is 0 Å². The Kier molecular flexibility index (Phi) is 4.53. The molecular formula is C9H17ClN2O. The summed E-state index contributed by atoms with van der Waals surface area (Å²) >= 11 is 5.38. The summed E-state index contributed by atoms with van der Waals surface area (Å²) in [6.07, 6.45) is 2.45. The molecular weight excluding hydrogens is 188 g/mol. The molecule has 1 aliphatic heterocycles. The summed E-state index contributed by atoms with van der Waals surface area (Å²) in [7, 11) is 2.12. The summed E-state index contributed by atoms with van der Waals surface area (Å²) in [5.74, 6) is 0.614. The number of rotatable bonds is 3. The first-order valence-corrected chi connectivity index (χ1v) is 5.27. The number of carbonyl (C=O) groups is 1. The Bertz CT molecular complexity index is 175. The summed E-state index contributed by atoms with van der Waals surface area (Å²) < 4.78 is 0. The highest BCUT2D eigenvalue weighted by Crippen LogP contribution is 2.13. The van der Waals surface area contributed by atoms with Gasteiger partial charge >= 0.3 is 0 Å². The predicted molar refractivity (Wildman–Crippen MR) is 54.0 cm³/mol. The van der Waals surface area contributed by atoms with Gasteiger partial charge in [0.25, 0.3) is 0 Å². The van der Waals surface area contributed by atoms with Crippen molar-refractivity contribution in [3.05, 3.63) is 0 Å². The van der Waals surface area contributed by atoms with Gasteiger partial charge in [-0.2, -0.15) is 0 Å². The minimum atomic E-state index is -0.0603. The molecule has 0 saturated carbocycles. The molecule has 13 heavy (non-hydrogen) atoms. The van der Waals surface area contributed by atoms with Crippen LogP contribution in [0.15, 0.2) is 0 Å². The van der Waals surface area contributed by atoms with Gasteiger partial charge < -0.3 is 10.2 Å². The van der Waals surface area contributed by atoms with Gasteiger partial charge in [0, 0.05) is 13.1 Å². The van der Waals surface area contributed by atoms with E-state index in [2.05, 4.69) is 17.3 Å². The number of likely N-dealkylation sites (tertiary alicyclic amines) is 1. The molecule has 1 saturated heterocycles. The van der Waals surface area contributed by atoms with Crippen LogP contribution in [-0.2, 0) is 4.79 Å². The fraction of sp³-hybridized carbons (Fsp3) is 0.889. The first kappa shape index (κ1) is 10.8. The first-order chi connectivity index (χ1) is 6.22. The quantitative estimate of drug-likeness (QED) is 0.686. The SMILES string of the molecule is CN1CCCC(CNC(=O)CCl)C1. The molecule has 3 nitrogen and oxygen atoms in total. The van der Waals surface area contributed by atoms with Gasteiger partial charge in [-0.05, 0) is 32.4 Å². The van der Waals surface area contributed by atoms with E-state index in [0.29, 0.717) is 5.92 Å². The monoisotopic (exact) mass is 204 g/mol. The molecule has 0 spiro atoms. The van der Waals surface area contributed by atoms with Crippen LogP contribution in [-0.4, -0.2) is 43.4 Å². The van der Waals surface area contributed by atoms with Crippen LogP contribution in [0.3, 0.4) is 0 Å². The van der Waals surface area contributed by atoms with E-state index in [9.17, 15) is 4.79 Å². The summed E-state index contributed by atoms with van der Waals surface area (Å²) in [5.41, 5.74) is 0. The van der Waals surface area contributed by atoms with Gasteiger partial charge in [0.15, 0.2) is 0 Å². The Hall–Kier alpha value is -0.280. The molecule has 4 heteroatoms. The fourth-order valence-electron chi connectivity index (χ4n) is 1.75. The molecule has 0 aromatic heterocycles. The van der Waals surface area contributed by atoms with E-state index in [1.807, 2.05) is 0 Å². The third kappa shape index (κ3) is 3.96. The Morgan fingerprint density at radius 2 is 2.46 bits per heavy atom. The molecule has 1 N–H and O–H groups in total. The lowest BCUT2D eigenvalue weighted by Crippen LogP contribution is -2.39. The minimum Gasteiger partial charge on any atom is -0.355 e. The third-order valence-electron chi connectivity index (χ3n) is 2.43. The summed E-state index contributed by atoms with van der Waals surface area (Å²) in [5, 5.41) is 2.83. The predicted octanol–water partition coefficient (Wildman–Crippen LogP) is 0.683. The van der Waals surface area contributed by atoms with Crippen LogP contribution >= 0.6 is 11.6 Å². The van der Waals surface area contributed by atoms with Crippen molar-refractivity contribution in [3.8, 4) is 0 Å². The molecule has 76 valence electrons. The lowest BCUT2D eigenvalue weighted by molar-refractivity contribution is -0.118. The van der Waals surface area contributed by atoms with Crippen molar-refractivity contribution in [2.45, 2.75) is 12.8 Å². The van der Waals surface area contributed by atoms with Crippen LogP contribution in [0.25, 0.3) is 0 Å². The van der Waals surface area contributed by atoms with Crippen molar-refractivity contribution in [1.82, 2.24) is 10.2 Å². The molecule has 0 aromatic carbocycles. The van der Waals surface area contributed by atoms with Gasteiger partial charge in [-0.15, -0.1) is 11.6 Å².